The lowest BCUT2D eigenvalue weighted by Crippen LogP contribution is -2.38. The fraction of sp³-hybridized carbons (Fsp3) is 0.600. The number of phenols is 1. The molecule has 3 heteroatoms. The number of anilines is 1. The minimum atomic E-state index is 0.347. The average molecular weight is 248 g/mol. The molecule has 2 atom stereocenters. The molecule has 1 aromatic carbocycles. The van der Waals surface area contributed by atoms with Crippen LogP contribution in [0.2, 0.25) is 0 Å². The van der Waals surface area contributed by atoms with Gasteiger partial charge >= 0.3 is 0 Å². The molecule has 0 spiro atoms. The van der Waals surface area contributed by atoms with Gasteiger partial charge in [-0.15, -0.1) is 0 Å². The molecular weight excluding hydrogens is 224 g/mol. The Morgan fingerprint density at radius 3 is 2.78 bits per heavy atom. The first-order chi connectivity index (χ1) is 8.58. The molecule has 0 bridgehead atoms. The van der Waals surface area contributed by atoms with Crippen LogP contribution in [0, 0.1) is 5.92 Å². The van der Waals surface area contributed by atoms with Crippen molar-refractivity contribution in [1.29, 1.82) is 0 Å². The highest BCUT2D eigenvalue weighted by Crippen LogP contribution is 2.29. The summed E-state index contributed by atoms with van der Waals surface area (Å²) in [5.74, 6) is 1.09. The third kappa shape index (κ3) is 2.96. The van der Waals surface area contributed by atoms with Gasteiger partial charge in [0.15, 0.2) is 0 Å². The molecule has 0 aromatic heterocycles. The molecule has 1 aliphatic carbocycles. The van der Waals surface area contributed by atoms with E-state index in [2.05, 4.69) is 18.9 Å². The van der Waals surface area contributed by atoms with E-state index in [4.69, 9.17) is 5.73 Å². The number of hydrogen-bond acceptors (Lipinski definition) is 3. The maximum absolute atomic E-state index is 9.87. The fourth-order valence-electron chi connectivity index (χ4n) is 3.07. The minimum Gasteiger partial charge on any atom is -0.508 e. The Bertz CT molecular complexity index is 405. The van der Waals surface area contributed by atoms with E-state index >= 15 is 0 Å². The zero-order chi connectivity index (χ0) is 13.1. The lowest BCUT2D eigenvalue weighted by molar-refractivity contribution is 0.132. The molecule has 2 unspecified atom stereocenters. The maximum atomic E-state index is 9.87. The lowest BCUT2D eigenvalue weighted by Gasteiger charge is -2.36. The third-order valence-corrected chi connectivity index (χ3v) is 4.16. The molecule has 0 heterocycles. The minimum absolute atomic E-state index is 0.347. The van der Waals surface area contributed by atoms with Crippen molar-refractivity contribution in [2.45, 2.75) is 45.2 Å². The van der Waals surface area contributed by atoms with Crippen LogP contribution in [0.3, 0.4) is 0 Å². The van der Waals surface area contributed by atoms with E-state index in [9.17, 15) is 5.11 Å². The van der Waals surface area contributed by atoms with Crippen LogP contribution in [0.25, 0.3) is 0 Å². The number of rotatable bonds is 3. The highest BCUT2D eigenvalue weighted by Gasteiger charge is 2.25. The number of aromatic hydroxyl groups is 1. The van der Waals surface area contributed by atoms with Crippen LogP contribution in [-0.4, -0.2) is 23.1 Å². The van der Waals surface area contributed by atoms with Gasteiger partial charge in [-0.1, -0.05) is 19.8 Å². The molecule has 3 nitrogen and oxygen atoms in total. The Kier molecular flexibility index (Phi) is 4.12. The number of hydrogen-bond donors (Lipinski definition) is 2. The second-order valence-electron chi connectivity index (χ2n) is 5.63. The van der Waals surface area contributed by atoms with Crippen molar-refractivity contribution in [3.63, 3.8) is 0 Å². The van der Waals surface area contributed by atoms with E-state index in [0.29, 0.717) is 17.5 Å². The summed E-state index contributed by atoms with van der Waals surface area (Å²) in [6.07, 6.45) is 5.26. The predicted octanol–water partition coefficient (Wildman–Crippen LogP) is 2.98. The van der Waals surface area contributed by atoms with Crippen molar-refractivity contribution in [2.24, 2.45) is 5.92 Å². The summed E-state index contributed by atoms with van der Waals surface area (Å²) in [7, 11) is 2.15. The number of phenolic OH excluding ortho intramolecular Hbond substituents is 1. The molecule has 1 aromatic rings. The molecule has 2 rings (SSSR count). The first kappa shape index (κ1) is 13.2. The van der Waals surface area contributed by atoms with Gasteiger partial charge in [0.1, 0.15) is 5.75 Å². The molecule has 100 valence electrons. The summed E-state index contributed by atoms with van der Waals surface area (Å²) in [4.78, 5) is 2.36. The lowest BCUT2D eigenvalue weighted by atomic mass is 9.85. The van der Waals surface area contributed by atoms with Gasteiger partial charge in [0.05, 0.1) is 0 Å². The quantitative estimate of drug-likeness (QED) is 0.638. The van der Waals surface area contributed by atoms with Gasteiger partial charge in [0.2, 0.25) is 0 Å². The van der Waals surface area contributed by atoms with E-state index in [1.54, 1.807) is 12.1 Å². The van der Waals surface area contributed by atoms with Gasteiger partial charge in [0, 0.05) is 23.8 Å². The van der Waals surface area contributed by atoms with Crippen molar-refractivity contribution in [3.05, 3.63) is 23.8 Å². The molecule has 3 N–H and O–H groups in total. The summed E-state index contributed by atoms with van der Waals surface area (Å²) in [6, 6.07) is 5.92. The summed E-state index contributed by atoms with van der Waals surface area (Å²) in [6.45, 7) is 3.10. The summed E-state index contributed by atoms with van der Waals surface area (Å²) in [5, 5.41) is 9.87. The molecule has 18 heavy (non-hydrogen) atoms. The molecule has 0 saturated heterocycles. The first-order valence-corrected chi connectivity index (χ1v) is 6.85. The highest BCUT2D eigenvalue weighted by molar-refractivity contribution is 5.47. The number of benzene rings is 1. The predicted molar refractivity (Wildman–Crippen MR) is 75.4 cm³/mol. The molecule has 0 aliphatic heterocycles. The Hall–Kier alpha value is -1.22. The molecule has 1 saturated carbocycles. The van der Waals surface area contributed by atoms with Crippen molar-refractivity contribution >= 4 is 5.69 Å². The average Bonchev–Trinajstić information content (AvgIpc) is 2.34. The molecule has 1 fully saturated rings. The van der Waals surface area contributed by atoms with E-state index in [1.807, 2.05) is 6.07 Å². The van der Waals surface area contributed by atoms with Crippen molar-refractivity contribution < 1.29 is 5.11 Å². The van der Waals surface area contributed by atoms with Crippen LogP contribution in [0.4, 0.5) is 5.69 Å². The topological polar surface area (TPSA) is 49.5 Å². The van der Waals surface area contributed by atoms with Gasteiger partial charge in [-0.3, -0.25) is 4.90 Å². The fourth-order valence-corrected chi connectivity index (χ4v) is 3.07. The zero-order valence-electron chi connectivity index (χ0n) is 11.4. The largest absolute Gasteiger partial charge is 0.508 e. The Morgan fingerprint density at radius 2 is 2.06 bits per heavy atom. The normalized spacial score (nSPS) is 24.4. The SMILES string of the molecule is CC1CCCCC1N(C)Cc1cc(N)ccc1O. The van der Waals surface area contributed by atoms with Crippen LogP contribution in [-0.2, 0) is 6.54 Å². The Balaban J connectivity index is 2.05. The van der Waals surface area contributed by atoms with Crippen LogP contribution < -0.4 is 5.73 Å². The smallest absolute Gasteiger partial charge is 0.120 e. The van der Waals surface area contributed by atoms with Crippen LogP contribution in [0.1, 0.15) is 38.2 Å². The summed E-state index contributed by atoms with van der Waals surface area (Å²) < 4.78 is 0. The second kappa shape index (κ2) is 5.61. The summed E-state index contributed by atoms with van der Waals surface area (Å²) >= 11 is 0. The van der Waals surface area contributed by atoms with Crippen LogP contribution in [0.5, 0.6) is 5.75 Å². The molecule has 0 amide bonds. The van der Waals surface area contributed by atoms with Crippen molar-refractivity contribution in [3.8, 4) is 5.75 Å². The molecule has 0 radical (unpaired) electrons. The maximum Gasteiger partial charge on any atom is 0.120 e. The van der Waals surface area contributed by atoms with Gasteiger partial charge < -0.3 is 10.8 Å². The third-order valence-electron chi connectivity index (χ3n) is 4.16. The monoisotopic (exact) mass is 248 g/mol. The summed E-state index contributed by atoms with van der Waals surface area (Å²) in [5.41, 5.74) is 7.42. The molecule has 1 aliphatic rings. The number of nitrogens with zero attached hydrogens (tertiary/aromatic N) is 1. The van der Waals surface area contributed by atoms with E-state index < -0.39 is 0 Å². The van der Waals surface area contributed by atoms with Crippen LogP contribution >= 0.6 is 0 Å². The van der Waals surface area contributed by atoms with Crippen LogP contribution in [0.15, 0.2) is 18.2 Å². The van der Waals surface area contributed by atoms with Crippen molar-refractivity contribution in [1.82, 2.24) is 4.90 Å². The van der Waals surface area contributed by atoms with Gasteiger partial charge in [-0.05, 0) is 44.0 Å². The van der Waals surface area contributed by atoms with E-state index in [-0.39, 0.29) is 0 Å². The molecular formula is C15H24N2O. The van der Waals surface area contributed by atoms with Crippen molar-refractivity contribution in [2.75, 3.05) is 12.8 Å². The van der Waals surface area contributed by atoms with Gasteiger partial charge in [-0.25, -0.2) is 0 Å². The number of nitrogen functional groups attached to an aromatic ring is 1. The van der Waals surface area contributed by atoms with E-state index in [0.717, 1.165) is 18.0 Å². The zero-order valence-corrected chi connectivity index (χ0v) is 11.4. The van der Waals surface area contributed by atoms with Gasteiger partial charge in [0.25, 0.3) is 0 Å². The second-order valence-corrected chi connectivity index (χ2v) is 5.63. The van der Waals surface area contributed by atoms with E-state index in [1.165, 1.54) is 25.7 Å². The van der Waals surface area contributed by atoms with Gasteiger partial charge in [-0.2, -0.15) is 0 Å². The Labute approximate surface area is 110 Å². The Morgan fingerprint density at radius 1 is 1.33 bits per heavy atom. The highest BCUT2D eigenvalue weighted by atomic mass is 16.3. The number of nitrogens with two attached hydrogens (primary N) is 1. The first-order valence-electron chi connectivity index (χ1n) is 6.85. The standard InChI is InChI=1S/C15H24N2O/c1-11-5-3-4-6-14(11)17(2)10-12-9-13(16)7-8-15(12)18/h7-9,11,14,18H,3-6,10,16H2,1-2H3.